The number of hydrogen-bond acceptors (Lipinski definition) is 2. The van der Waals surface area contributed by atoms with Crippen molar-refractivity contribution in [1.29, 1.82) is 0 Å². The Labute approximate surface area is 107 Å². The van der Waals surface area contributed by atoms with Gasteiger partial charge < -0.3 is 9.73 Å². The molecule has 1 N–H and O–H groups in total. The lowest BCUT2D eigenvalue weighted by Gasteiger charge is -2.13. The van der Waals surface area contributed by atoms with Crippen molar-refractivity contribution in [2.24, 2.45) is 0 Å². The van der Waals surface area contributed by atoms with E-state index in [1.54, 1.807) is 12.3 Å². The predicted octanol–water partition coefficient (Wildman–Crippen LogP) is 3.45. The van der Waals surface area contributed by atoms with E-state index >= 15 is 0 Å². The lowest BCUT2D eigenvalue weighted by atomic mass is 10.1. The Hall–Kier alpha value is -1.61. The molecule has 1 atom stereocenters. The summed E-state index contributed by atoms with van der Waals surface area (Å²) in [5, 5.41) is 3.42. The van der Waals surface area contributed by atoms with Crippen molar-refractivity contribution in [2.75, 3.05) is 0 Å². The van der Waals surface area contributed by atoms with Crippen molar-refractivity contribution in [3.63, 3.8) is 0 Å². The fraction of sp³-hybridized carbons (Fsp3) is 0.333. The molecule has 0 saturated heterocycles. The molecule has 0 aliphatic rings. The van der Waals surface area contributed by atoms with Gasteiger partial charge in [0.15, 0.2) is 0 Å². The Morgan fingerprint density at radius 1 is 1.33 bits per heavy atom. The van der Waals surface area contributed by atoms with E-state index in [2.05, 4.69) is 12.2 Å². The highest BCUT2D eigenvalue weighted by Crippen LogP contribution is 2.11. The first kappa shape index (κ1) is 12.8. The number of rotatable bonds is 5. The van der Waals surface area contributed by atoms with Crippen molar-refractivity contribution in [1.82, 2.24) is 5.32 Å². The van der Waals surface area contributed by atoms with Gasteiger partial charge in [0.05, 0.1) is 6.26 Å². The highest BCUT2D eigenvalue weighted by Gasteiger charge is 2.06. The summed E-state index contributed by atoms with van der Waals surface area (Å²) in [5.74, 6) is 0.797. The SMILES string of the molecule is Cc1cc(F)ccc1CNC(C)Cc1ccco1. The smallest absolute Gasteiger partial charge is 0.123 e. The van der Waals surface area contributed by atoms with E-state index < -0.39 is 0 Å². The molecule has 0 spiro atoms. The quantitative estimate of drug-likeness (QED) is 0.875. The van der Waals surface area contributed by atoms with Crippen LogP contribution >= 0.6 is 0 Å². The molecule has 1 unspecified atom stereocenters. The van der Waals surface area contributed by atoms with E-state index in [0.29, 0.717) is 6.04 Å². The molecular weight excluding hydrogens is 229 g/mol. The van der Waals surface area contributed by atoms with Crippen molar-refractivity contribution in [3.05, 3.63) is 59.3 Å². The van der Waals surface area contributed by atoms with Gasteiger partial charge in [-0.05, 0) is 49.2 Å². The second-order valence-electron chi connectivity index (χ2n) is 4.64. The number of benzene rings is 1. The first-order chi connectivity index (χ1) is 8.65. The molecule has 2 nitrogen and oxygen atoms in total. The van der Waals surface area contributed by atoms with Crippen molar-refractivity contribution < 1.29 is 8.81 Å². The van der Waals surface area contributed by atoms with Crippen molar-refractivity contribution in [3.8, 4) is 0 Å². The number of hydrogen-bond donors (Lipinski definition) is 1. The summed E-state index contributed by atoms with van der Waals surface area (Å²) >= 11 is 0. The van der Waals surface area contributed by atoms with Gasteiger partial charge in [-0.2, -0.15) is 0 Å². The predicted molar refractivity (Wildman–Crippen MR) is 69.9 cm³/mol. The van der Waals surface area contributed by atoms with Crippen molar-refractivity contribution in [2.45, 2.75) is 32.9 Å². The van der Waals surface area contributed by atoms with Gasteiger partial charge in [-0.15, -0.1) is 0 Å². The van der Waals surface area contributed by atoms with Crippen LogP contribution in [0.25, 0.3) is 0 Å². The first-order valence-electron chi connectivity index (χ1n) is 6.16. The van der Waals surface area contributed by atoms with Gasteiger partial charge in [-0.25, -0.2) is 4.39 Å². The molecular formula is C15H18FNO. The van der Waals surface area contributed by atoms with Crippen LogP contribution in [0, 0.1) is 12.7 Å². The molecule has 3 heteroatoms. The van der Waals surface area contributed by atoms with Crippen molar-refractivity contribution >= 4 is 0 Å². The largest absolute Gasteiger partial charge is 0.469 e. The zero-order chi connectivity index (χ0) is 13.0. The maximum absolute atomic E-state index is 13.0. The summed E-state index contributed by atoms with van der Waals surface area (Å²) in [4.78, 5) is 0. The van der Waals surface area contributed by atoms with E-state index in [0.717, 1.165) is 29.9 Å². The summed E-state index contributed by atoms with van der Waals surface area (Å²) in [6.07, 6.45) is 2.54. The molecule has 18 heavy (non-hydrogen) atoms. The van der Waals surface area contributed by atoms with Crippen LogP contribution in [0.2, 0.25) is 0 Å². The zero-order valence-corrected chi connectivity index (χ0v) is 10.7. The lowest BCUT2D eigenvalue weighted by Crippen LogP contribution is -2.27. The molecule has 0 fully saturated rings. The third-order valence-corrected chi connectivity index (χ3v) is 3.03. The van der Waals surface area contributed by atoms with Gasteiger partial charge in [0.2, 0.25) is 0 Å². The van der Waals surface area contributed by atoms with Gasteiger partial charge in [0, 0.05) is 19.0 Å². The second-order valence-corrected chi connectivity index (χ2v) is 4.64. The molecule has 0 amide bonds. The molecule has 0 bridgehead atoms. The van der Waals surface area contributed by atoms with Crippen LogP contribution in [0.3, 0.4) is 0 Å². The Balaban J connectivity index is 1.87. The highest BCUT2D eigenvalue weighted by atomic mass is 19.1. The van der Waals surface area contributed by atoms with E-state index in [1.807, 2.05) is 25.1 Å². The molecule has 2 aromatic rings. The van der Waals surface area contributed by atoms with Gasteiger partial charge >= 0.3 is 0 Å². The Kier molecular flexibility index (Phi) is 4.15. The summed E-state index contributed by atoms with van der Waals surface area (Å²) in [7, 11) is 0. The molecule has 0 aliphatic heterocycles. The molecule has 0 saturated carbocycles. The van der Waals surface area contributed by atoms with Gasteiger partial charge in [0.25, 0.3) is 0 Å². The zero-order valence-electron chi connectivity index (χ0n) is 10.7. The average Bonchev–Trinajstić information content (AvgIpc) is 2.80. The van der Waals surface area contributed by atoms with E-state index in [4.69, 9.17) is 4.42 Å². The summed E-state index contributed by atoms with van der Waals surface area (Å²) < 4.78 is 18.3. The number of nitrogens with one attached hydrogen (secondary N) is 1. The third-order valence-electron chi connectivity index (χ3n) is 3.03. The Bertz CT molecular complexity index is 493. The minimum atomic E-state index is -0.181. The molecule has 1 aromatic heterocycles. The molecule has 0 radical (unpaired) electrons. The van der Waals surface area contributed by atoms with E-state index in [9.17, 15) is 4.39 Å². The maximum Gasteiger partial charge on any atom is 0.123 e. The summed E-state index contributed by atoms with van der Waals surface area (Å²) in [5.41, 5.74) is 2.11. The fourth-order valence-electron chi connectivity index (χ4n) is 1.94. The van der Waals surface area contributed by atoms with Gasteiger partial charge in [-0.1, -0.05) is 6.07 Å². The van der Waals surface area contributed by atoms with Crippen LogP contribution in [0.4, 0.5) is 4.39 Å². The second kappa shape index (κ2) is 5.83. The van der Waals surface area contributed by atoms with E-state index in [1.165, 1.54) is 6.07 Å². The third kappa shape index (κ3) is 3.44. The molecule has 96 valence electrons. The molecule has 1 aromatic carbocycles. The topological polar surface area (TPSA) is 25.2 Å². The maximum atomic E-state index is 13.0. The standard InChI is InChI=1S/C15H18FNO/c1-11-8-14(16)6-5-13(11)10-17-12(2)9-15-4-3-7-18-15/h3-8,12,17H,9-10H2,1-2H3. The Morgan fingerprint density at radius 2 is 2.17 bits per heavy atom. The fourth-order valence-corrected chi connectivity index (χ4v) is 1.94. The monoisotopic (exact) mass is 247 g/mol. The highest BCUT2D eigenvalue weighted by molar-refractivity contribution is 5.26. The van der Waals surface area contributed by atoms with Crippen LogP contribution in [-0.2, 0) is 13.0 Å². The molecule has 1 heterocycles. The normalized spacial score (nSPS) is 12.6. The minimum absolute atomic E-state index is 0.181. The number of furan rings is 1. The van der Waals surface area contributed by atoms with Crippen LogP contribution in [-0.4, -0.2) is 6.04 Å². The summed E-state index contributed by atoms with van der Waals surface area (Å²) in [6.45, 7) is 4.78. The minimum Gasteiger partial charge on any atom is -0.469 e. The molecule has 2 rings (SSSR count). The molecule has 0 aliphatic carbocycles. The van der Waals surface area contributed by atoms with Crippen LogP contribution in [0.1, 0.15) is 23.8 Å². The number of aryl methyl sites for hydroxylation is 1. The lowest BCUT2D eigenvalue weighted by molar-refractivity contribution is 0.456. The van der Waals surface area contributed by atoms with Gasteiger partial charge in [-0.3, -0.25) is 0 Å². The Morgan fingerprint density at radius 3 is 2.83 bits per heavy atom. The number of halogens is 1. The van der Waals surface area contributed by atoms with E-state index in [-0.39, 0.29) is 5.82 Å². The summed E-state index contributed by atoms with van der Waals surface area (Å²) in [6, 6.07) is 9.08. The van der Waals surface area contributed by atoms with Gasteiger partial charge in [0.1, 0.15) is 11.6 Å². The van der Waals surface area contributed by atoms with Crippen LogP contribution in [0.5, 0.6) is 0 Å². The van der Waals surface area contributed by atoms with Crippen LogP contribution in [0.15, 0.2) is 41.0 Å². The average molecular weight is 247 g/mol. The first-order valence-corrected chi connectivity index (χ1v) is 6.16. The van der Waals surface area contributed by atoms with Crippen LogP contribution < -0.4 is 5.32 Å².